The van der Waals surface area contributed by atoms with E-state index in [9.17, 15) is 0 Å². The van der Waals surface area contributed by atoms with Crippen LogP contribution < -0.4 is 11.1 Å². The molecule has 0 radical (unpaired) electrons. The number of aromatic amines is 1. The summed E-state index contributed by atoms with van der Waals surface area (Å²) in [5, 5.41) is 10.2. The van der Waals surface area contributed by atoms with Gasteiger partial charge in [-0.2, -0.15) is 4.98 Å². The number of piperidine rings is 1. The summed E-state index contributed by atoms with van der Waals surface area (Å²) in [5.41, 5.74) is 5.69. The molecule has 78 valence electrons. The smallest absolute Gasteiger partial charge is 0.239 e. The van der Waals surface area contributed by atoms with Gasteiger partial charge in [0.2, 0.25) is 5.95 Å². The first kappa shape index (κ1) is 9.45. The maximum Gasteiger partial charge on any atom is 0.239 e. The second kappa shape index (κ2) is 3.57. The van der Waals surface area contributed by atoms with Crippen LogP contribution in [0.4, 0.5) is 5.95 Å². The molecule has 0 amide bonds. The molecule has 1 aromatic rings. The number of hydrogen-bond donors (Lipinski definition) is 3. The van der Waals surface area contributed by atoms with Crippen molar-refractivity contribution in [3.63, 3.8) is 0 Å². The summed E-state index contributed by atoms with van der Waals surface area (Å²) in [6.07, 6.45) is 3.31. The van der Waals surface area contributed by atoms with Crippen molar-refractivity contribution in [3.8, 4) is 0 Å². The molecule has 5 heteroatoms. The SMILES string of the molecule is CCC1(c2nc(N)n[nH]2)CCNCC1. The minimum absolute atomic E-state index is 0.163. The zero-order chi connectivity index (χ0) is 10.0. The van der Waals surface area contributed by atoms with Crippen LogP contribution in [0.3, 0.4) is 0 Å². The molecule has 4 N–H and O–H groups in total. The van der Waals surface area contributed by atoms with E-state index in [0.717, 1.165) is 38.2 Å². The highest BCUT2D eigenvalue weighted by molar-refractivity contribution is 5.19. The predicted octanol–water partition coefficient (Wildman–Crippen LogP) is 0.418. The molecule has 0 spiro atoms. The van der Waals surface area contributed by atoms with Crippen LogP contribution in [-0.2, 0) is 5.41 Å². The van der Waals surface area contributed by atoms with Crippen LogP contribution in [0, 0.1) is 0 Å². The maximum absolute atomic E-state index is 5.53. The van der Waals surface area contributed by atoms with Crippen LogP contribution in [0.2, 0.25) is 0 Å². The van der Waals surface area contributed by atoms with E-state index >= 15 is 0 Å². The van der Waals surface area contributed by atoms with Crippen molar-refractivity contribution in [1.82, 2.24) is 20.5 Å². The van der Waals surface area contributed by atoms with Crippen LogP contribution in [-0.4, -0.2) is 28.3 Å². The second-order valence-electron chi connectivity index (χ2n) is 3.93. The molecule has 0 bridgehead atoms. The molecule has 1 aliphatic rings. The van der Waals surface area contributed by atoms with E-state index in [-0.39, 0.29) is 5.41 Å². The van der Waals surface area contributed by atoms with Gasteiger partial charge in [0, 0.05) is 5.41 Å². The molecule has 0 saturated carbocycles. The van der Waals surface area contributed by atoms with Gasteiger partial charge >= 0.3 is 0 Å². The van der Waals surface area contributed by atoms with E-state index in [0.29, 0.717) is 5.95 Å². The highest BCUT2D eigenvalue weighted by atomic mass is 15.3. The third kappa shape index (κ3) is 1.48. The van der Waals surface area contributed by atoms with Crippen LogP contribution in [0.5, 0.6) is 0 Å². The summed E-state index contributed by atoms with van der Waals surface area (Å²) in [6.45, 7) is 4.30. The number of hydrogen-bond acceptors (Lipinski definition) is 4. The average Bonchev–Trinajstić information content (AvgIpc) is 2.66. The predicted molar refractivity (Wildman–Crippen MR) is 54.9 cm³/mol. The highest BCUT2D eigenvalue weighted by Gasteiger charge is 2.35. The molecule has 14 heavy (non-hydrogen) atoms. The van der Waals surface area contributed by atoms with Crippen molar-refractivity contribution < 1.29 is 0 Å². The summed E-state index contributed by atoms with van der Waals surface area (Å²) in [6, 6.07) is 0. The molecule has 1 fully saturated rings. The van der Waals surface area contributed by atoms with E-state index in [2.05, 4.69) is 27.4 Å². The molecule has 5 nitrogen and oxygen atoms in total. The Kier molecular flexibility index (Phi) is 2.41. The van der Waals surface area contributed by atoms with E-state index in [1.54, 1.807) is 0 Å². The van der Waals surface area contributed by atoms with Gasteiger partial charge in [0.05, 0.1) is 0 Å². The monoisotopic (exact) mass is 195 g/mol. The van der Waals surface area contributed by atoms with Gasteiger partial charge in [-0.1, -0.05) is 6.92 Å². The molecule has 1 saturated heterocycles. The van der Waals surface area contributed by atoms with Crippen molar-refractivity contribution in [2.24, 2.45) is 0 Å². The lowest BCUT2D eigenvalue weighted by Gasteiger charge is -2.34. The van der Waals surface area contributed by atoms with Crippen molar-refractivity contribution in [2.45, 2.75) is 31.6 Å². The number of rotatable bonds is 2. The average molecular weight is 195 g/mol. The fourth-order valence-corrected chi connectivity index (χ4v) is 2.18. The van der Waals surface area contributed by atoms with Crippen molar-refractivity contribution in [3.05, 3.63) is 5.82 Å². The Balaban J connectivity index is 2.26. The Morgan fingerprint density at radius 2 is 2.14 bits per heavy atom. The Labute approximate surface area is 83.5 Å². The van der Waals surface area contributed by atoms with E-state index < -0.39 is 0 Å². The highest BCUT2D eigenvalue weighted by Crippen LogP contribution is 2.34. The Morgan fingerprint density at radius 1 is 1.43 bits per heavy atom. The third-order valence-corrected chi connectivity index (χ3v) is 3.24. The first-order valence-corrected chi connectivity index (χ1v) is 5.16. The molecule has 2 heterocycles. The maximum atomic E-state index is 5.53. The Bertz CT molecular complexity index is 300. The molecule has 0 aliphatic carbocycles. The Morgan fingerprint density at radius 3 is 2.64 bits per heavy atom. The molecule has 1 aromatic heterocycles. The fraction of sp³-hybridized carbons (Fsp3) is 0.778. The van der Waals surface area contributed by atoms with Gasteiger partial charge in [-0.05, 0) is 32.4 Å². The standard InChI is InChI=1S/C9H17N5/c1-2-9(3-5-11-6-4-9)7-12-8(10)14-13-7/h11H,2-6H2,1H3,(H3,10,12,13,14). The molecular weight excluding hydrogens is 178 g/mol. The lowest BCUT2D eigenvalue weighted by molar-refractivity contribution is 0.283. The zero-order valence-electron chi connectivity index (χ0n) is 8.51. The number of anilines is 1. The first-order chi connectivity index (χ1) is 6.77. The van der Waals surface area contributed by atoms with Gasteiger partial charge in [-0.3, -0.25) is 5.10 Å². The number of H-pyrrole nitrogens is 1. The van der Waals surface area contributed by atoms with Gasteiger partial charge in [-0.15, -0.1) is 5.10 Å². The van der Waals surface area contributed by atoms with E-state index in [1.165, 1.54) is 0 Å². The van der Waals surface area contributed by atoms with Crippen molar-refractivity contribution >= 4 is 5.95 Å². The molecule has 2 rings (SSSR count). The number of nitrogen functional groups attached to an aromatic ring is 1. The largest absolute Gasteiger partial charge is 0.367 e. The molecule has 0 atom stereocenters. The quantitative estimate of drug-likeness (QED) is 0.639. The van der Waals surface area contributed by atoms with E-state index in [4.69, 9.17) is 5.73 Å². The van der Waals surface area contributed by atoms with Crippen LogP contribution in [0.1, 0.15) is 32.0 Å². The van der Waals surface area contributed by atoms with Crippen LogP contribution in [0.15, 0.2) is 0 Å². The summed E-state index contributed by atoms with van der Waals surface area (Å²) < 4.78 is 0. The lowest BCUT2D eigenvalue weighted by atomic mass is 9.76. The fourth-order valence-electron chi connectivity index (χ4n) is 2.18. The minimum atomic E-state index is 0.163. The molecule has 1 aliphatic heterocycles. The molecule has 0 aromatic carbocycles. The second-order valence-corrected chi connectivity index (χ2v) is 3.93. The van der Waals surface area contributed by atoms with E-state index in [1.807, 2.05) is 0 Å². The zero-order valence-corrected chi connectivity index (χ0v) is 8.51. The normalized spacial score (nSPS) is 20.9. The summed E-state index contributed by atoms with van der Waals surface area (Å²) in [4.78, 5) is 4.26. The molecule has 0 unspecified atom stereocenters. The third-order valence-electron chi connectivity index (χ3n) is 3.24. The Hall–Kier alpha value is -1.10. The summed E-state index contributed by atoms with van der Waals surface area (Å²) in [7, 11) is 0. The number of nitrogens with two attached hydrogens (primary N) is 1. The number of aromatic nitrogens is 3. The summed E-state index contributed by atoms with van der Waals surface area (Å²) in [5.74, 6) is 1.31. The van der Waals surface area contributed by atoms with Gasteiger partial charge in [0.25, 0.3) is 0 Å². The van der Waals surface area contributed by atoms with Gasteiger partial charge in [-0.25, -0.2) is 0 Å². The van der Waals surface area contributed by atoms with Crippen molar-refractivity contribution in [2.75, 3.05) is 18.8 Å². The minimum Gasteiger partial charge on any atom is -0.367 e. The lowest BCUT2D eigenvalue weighted by Crippen LogP contribution is -2.40. The number of nitrogens with one attached hydrogen (secondary N) is 2. The van der Waals surface area contributed by atoms with Gasteiger partial charge in [0.1, 0.15) is 5.82 Å². The van der Waals surface area contributed by atoms with Crippen molar-refractivity contribution in [1.29, 1.82) is 0 Å². The topological polar surface area (TPSA) is 79.6 Å². The first-order valence-electron chi connectivity index (χ1n) is 5.16. The molecular formula is C9H17N5. The number of nitrogens with zero attached hydrogens (tertiary/aromatic N) is 2. The van der Waals surface area contributed by atoms with Gasteiger partial charge < -0.3 is 11.1 Å². The van der Waals surface area contributed by atoms with Crippen LogP contribution in [0.25, 0.3) is 0 Å². The van der Waals surface area contributed by atoms with Gasteiger partial charge in [0.15, 0.2) is 0 Å². The summed E-state index contributed by atoms with van der Waals surface area (Å²) >= 11 is 0. The van der Waals surface area contributed by atoms with Crippen LogP contribution >= 0.6 is 0 Å².